The Morgan fingerprint density at radius 3 is 2.42 bits per heavy atom. The molecule has 6 nitrogen and oxygen atoms in total. The number of ether oxygens (including phenoxy) is 2. The first-order valence-corrected chi connectivity index (χ1v) is 10.2. The average Bonchev–Trinajstić information content (AvgIpc) is 3.24. The van der Waals surface area contributed by atoms with Crippen LogP contribution in [0.3, 0.4) is 0 Å². The highest BCUT2D eigenvalue weighted by molar-refractivity contribution is 5.95. The van der Waals surface area contributed by atoms with Gasteiger partial charge in [0.1, 0.15) is 11.5 Å². The molecule has 158 valence electrons. The zero-order chi connectivity index (χ0) is 21.6. The molecular formula is C25H25N3O3. The van der Waals surface area contributed by atoms with Crippen LogP contribution in [0.1, 0.15) is 34.0 Å². The topological polar surface area (TPSA) is 63.2 Å². The van der Waals surface area contributed by atoms with E-state index in [2.05, 4.69) is 15.4 Å². The van der Waals surface area contributed by atoms with Crippen molar-refractivity contribution in [3.8, 4) is 11.5 Å². The van der Waals surface area contributed by atoms with Gasteiger partial charge in [-0.15, -0.1) is 0 Å². The molecule has 0 saturated carbocycles. The van der Waals surface area contributed by atoms with Gasteiger partial charge in [0.25, 0.3) is 5.91 Å². The molecule has 1 heterocycles. The fraction of sp³-hybridized carbons (Fsp3) is 0.200. The Hall–Kier alpha value is -3.80. The second-order valence-corrected chi connectivity index (χ2v) is 7.24. The molecule has 0 bridgehead atoms. The third-order valence-corrected chi connectivity index (χ3v) is 5.20. The van der Waals surface area contributed by atoms with Crippen molar-refractivity contribution in [1.82, 2.24) is 5.43 Å². The Morgan fingerprint density at radius 2 is 1.71 bits per heavy atom. The number of benzene rings is 3. The van der Waals surface area contributed by atoms with Crippen molar-refractivity contribution in [3.05, 3.63) is 89.0 Å². The second-order valence-electron chi connectivity index (χ2n) is 7.24. The lowest BCUT2D eigenvalue weighted by Crippen LogP contribution is -2.17. The molecule has 31 heavy (non-hydrogen) atoms. The number of methoxy groups -OCH3 is 1. The van der Waals surface area contributed by atoms with Crippen LogP contribution in [-0.2, 0) is 13.1 Å². The van der Waals surface area contributed by atoms with Gasteiger partial charge < -0.3 is 14.4 Å². The Morgan fingerprint density at radius 1 is 1.00 bits per heavy atom. The molecule has 0 atom stereocenters. The van der Waals surface area contributed by atoms with Crippen molar-refractivity contribution < 1.29 is 14.3 Å². The van der Waals surface area contributed by atoms with Crippen LogP contribution in [0.4, 0.5) is 5.69 Å². The Labute approximate surface area is 182 Å². The van der Waals surface area contributed by atoms with E-state index in [1.165, 1.54) is 5.56 Å². The maximum Gasteiger partial charge on any atom is 0.271 e. The van der Waals surface area contributed by atoms with Gasteiger partial charge in [0, 0.05) is 24.3 Å². The number of nitrogens with one attached hydrogen (secondary N) is 1. The van der Waals surface area contributed by atoms with Crippen LogP contribution in [0, 0.1) is 0 Å². The molecular weight excluding hydrogens is 390 g/mol. The van der Waals surface area contributed by atoms with E-state index in [1.54, 1.807) is 13.3 Å². The predicted octanol–water partition coefficient (Wildman–Crippen LogP) is 4.38. The summed E-state index contributed by atoms with van der Waals surface area (Å²) in [6.45, 7) is 4.15. The number of fused-ring (bicyclic) bond motifs is 1. The second kappa shape index (κ2) is 9.34. The van der Waals surface area contributed by atoms with E-state index < -0.39 is 0 Å². The van der Waals surface area contributed by atoms with Crippen molar-refractivity contribution in [2.45, 2.75) is 20.0 Å². The monoisotopic (exact) mass is 415 g/mol. The Kier molecular flexibility index (Phi) is 6.17. The first-order chi connectivity index (χ1) is 15.2. The van der Waals surface area contributed by atoms with Gasteiger partial charge in [-0.25, -0.2) is 5.43 Å². The van der Waals surface area contributed by atoms with Crippen molar-refractivity contribution in [2.24, 2.45) is 5.10 Å². The van der Waals surface area contributed by atoms with Crippen LogP contribution in [-0.4, -0.2) is 25.8 Å². The van der Waals surface area contributed by atoms with E-state index >= 15 is 0 Å². The Bertz CT molecular complexity index is 1080. The molecule has 0 unspecified atom stereocenters. The first kappa shape index (κ1) is 20.5. The van der Waals surface area contributed by atoms with Crippen LogP contribution in [0.25, 0.3) is 0 Å². The SMILES string of the molecule is CCOc1ccc(/C=N/NC(=O)c2ccc3c(c2)CN(c2ccc(OC)cc2)C3)cc1. The van der Waals surface area contributed by atoms with E-state index in [0.29, 0.717) is 12.2 Å². The minimum Gasteiger partial charge on any atom is -0.497 e. The number of anilines is 1. The van der Waals surface area contributed by atoms with E-state index in [4.69, 9.17) is 9.47 Å². The molecule has 6 heteroatoms. The normalized spacial score (nSPS) is 12.6. The highest BCUT2D eigenvalue weighted by atomic mass is 16.5. The maximum absolute atomic E-state index is 12.5. The summed E-state index contributed by atoms with van der Waals surface area (Å²) in [5.74, 6) is 1.42. The van der Waals surface area contributed by atoms with Gasteiger partial charge in [0.05, 0.1) is 19.9 Å². The zero-order valence-corrected chi connectivity index (χ0v) is 17.7. The number of rotatable bonds is 7. The summed E-state index contributed by atoms with van der Waals surface area (Å²) in [6, 6.07) is 21.4. The number of hydrogen-bond acceptors (Lipinski definition) is 5. The third kappa shape index (κ3) is 4.86. The summed E-state index contributed by atoms with van der Waals surface area (Å²) in [6.07, 6.45) is 1.62. The van der Waals surface area contributed by atoms with Gasteiger partial charge in [0.15, 0.2) is 0 Å². The van der Waals surface area contributed by atoms with Crippen molar-refractivity contribution in [1.29, 1.82) is 0 Å². The lowest BCUT2D eigenvalue weighted by Gasteiger charge is -2.17. The first-order valence-electron chi connectivity index (χ1n) is 10.2. The molecule has 1 aliphatic heterocycles. The molecule has 4 rings (SSSR count). The van der Waals surface area contributed by atoms with Gasteiger partial charge in [-0.05, 0) is 84.3 Å². The minimum absolute atomic E-state index is 0.229. The molecule has 0 aromatic heterocycles. The van der Waals surface area contributed by atoms with E-state index in [1.807, 2.05) is 73.7 Å². The molecule has 3 aromatic rings. The number of carbonyl (C=O) groups is 1. The standard InChI is InChI=1S/C25H25N3O3/c1-3-31-24-10-4-18(5-11-24)15-26-27-25(29)19-6-7-20-16-28(17-21(20)14-19)22-8-12-23(30-2)13-9-22/h4-15H,3,16-17H2,1-2H3,(H,27,29)/b26-15+. The molecule has 1 aliphatic rings. The number of nitrogens with zero attached hydrogens (tertiary/aromatic N) is 2. The van der Waals surface area contributed by atoms with Crippen LogP contribution in [0.15, 0.2) is 71.8 Å². The third-order valence-electron chi connectivity index (χ3n) is 5.20. The van der Waals surface area contributed by atoms with Gasteiger partial charge in [-0.1, -0.05) is 6.07 Å². The van der Waals surface area contributed by atoms with Gasteiger partial charge >= 0.3 is 0 Å². The zero-order valence-electron chi connectivity index (χ0n) is 17.7. The number of amides is 1. The van der Waals surface area contributed by atoms with Gasteiger partial charge in [-0.3, -0.25) is 4.79 Å². The summed E-state index contributed by atoms with van der Waals surface area (Å²) in [7, 11) is 1.66. The summed E-state index contributed by atoms with van der Waals surface area (Å²) < 4.78 is 10.7. The number of carbonyl (C=O) groups excluding carboxylic acids is 1. The maximum atomic E-state index is 12.5. The smallest absolute Gasteiger partial charge is 0.271 e. The molecule has 0 spiro atoms. The highest BCUT2D eigenvalue weighted by Crippen LogP contribution is 2.30. The molecule has 1 amide bonds. The van der Waals surface area contributed by atoms with Crippen LogP contribution in [0.5, 0.6) is 11.5 Å². The van der Waals surface area contributed by atoms with Gasteiger partial charge in [-0.2, -0.15) is 5.10 Å². The van der Waals surface area contributed by atoms with E-state index in [0.717, 1.165) is 41.4 Å². The van der Waals surface area contributed by atoms with Gasteiger partial charge in [0.2, 0.25) is 0 Å². The van der Waals surface area contributed by atoms with Crippen molar-refractivity contribution in [3.63, 3.8) is 0 Å². The molecule has 3 aromatic carbocycles. The number of hydrazone groups is 1. The number of hydrogen-bond donors (Lipinski definition) is 1. The van der Waals surface area contributed by atoms with Crippen LogP contribution in [0.2, 0.25) is 0 Å². The molecule has 0 saturated heterocycles. The summed E-state index contributed by atoms with van der Waals surface area (Å²) in [4.78, 5) is 14.8. The predicted molar refractivity (Wildman–Crippen MR) is 122 cm³/mol. The molecule has 0 radical (unpaired) electrons. The Balaban J connectivity index is 1.37. The lowest BCUT2D eigenvalue weighted by atomic mass is 10.1. The lowest BCUT2D eigenvalue weighted by molar-refractivity contribution is 0.0955. The summed E-state index contributed by atoms with van der Waals surface area (Å²) in [5.41, 5.74) is 7.59. The summed E-state index contributed by atoms with van der Waals surface area (Å²) in [5, 5.41) is 4.08. The van der Waals surface area contributed by atoms with Crippen LogP contribution < -0.4 is 19.8 Å². The quantitative estimate of drug-likeness (QED) is 0.460. The van der Waals surface area contributed by atoms with Crippen LogP contribution >= 0.6 is 0 Å². The highest BCUT2D eigenvalue weighted by Gasteiger charge is 2.20. The average molecular weight is 415 g/mol. The molecule has 0 aliphatic carbocycles. The van der Waals surface area contributed by atoms with Crippen molar-refractivity contribution >= 4 is 17.8 Å². The largest absolute Gasteiger partial charge is 0.497 e. The molecule has 0 fully saturated rings. The summed E-state index contributed by atoms with van der Waals surface area (Å²) >= 11 is 0. The van der Waals surface area contributed by atoms with E-state index in [-0.39, 0.29) is 5.91 Å². The molecule has 1 N–H and O–H groups in total. The fourth-order valence-electron chi connectivity index (χ4n) is 3.56. The van der Waals surface area contributed by atoms with E-state index in [9.17, 15) is 4.79 Å². The minimum atomic E-state index is -0.229. The fourth-order valence-corrected chi connectivity index (χ4v) is 3.56. The van der Waals surface area contributed by atoms with Crippen molar-refractivity contribution in [2.75, 3.05) is 18.6 Å².